The minimum absolute atomic E-state index is 0.452. The summed E-state index contributed by atoms with van der Waals surface area (Å²) in [6.45, 7) is 7.72. The van der Waals surface area contributed by atoms with E-state index in [2.05, 4.69) is 34.8 Å². The van der Waals surface area contributed by atoms with Crippen molar-refractivity contribution < 1.29 is 4.74 Å². The molecule has 15 heavy (non-hydrogen) atoms. The Morgan fingerprint density at radius 2 is 2.00 bits per heavy atom. The zero-order valence-corrected chi connectivity index (χ0v) is 9.31. The topological polar surface area (TPSA) is 38.2 Å². The lowest BCUT2D eigenvalue weighted by molar-refractivity contribution is 0.122. The van der Waals surface area contributed by atoms with Gasteiger partial charge in [0.2, 0.25) is 0 Å². The van der Waals surface area contributed by atoms with E-state index in [1.807, 2.05) is 0 Å². The fourth-order valence-corrected chi connectivity index (χ4v) is 1.64. The van der Waals surface area contributed by atoms with Gasteiger partial charge in [0.05, 0.1) is 13.2 Å². The van der Waals surface area contributed by atoms with E-state index in [-0.39, 0.29) is 0 Å². The van der Waals surface area contributed by atoms with Gasteiger partial charge in [0.25, 0.3) is 0 Å². The van der Waals surface area contributed by atoms with Crippen molar-refractivity contribution in [2.75, 3.05) is 31.2 Å². The molecule has 4 heteroatoms. The van der Waals surface area contributed by atoms with Crippen LogP contribution in [0.1, 0.15) is 25.5 Å². The largest absolute Gasteiger partial charge is 0.378 e. The molecule has 1 saturated heterocycles. The highest BCUT2D eigenvalue weighted by atomic mass is 16.5. The average Bonchev–Trinajstić information content (AvgIpc) is 2.30. The Hall–Kier alpha value is -1.16. The standard InChI is InChI=1S/C11H17N3O/c1-9(2)10-7-11(13-8-12-10)14-3-5-15-6-4-14/h7-9H,3-6H2,1-2H3. The van der Waals surface area contributed by atoms with Crippen LogP contribution in [-0.2, 0) is 4.74 Å². The average molecular weight is 207 g/mol. The Labute approximate surface area is 90.3 Å². The van der Waals surface area contributed by atoms with Crippen molar-refractivity contribution in [1.82, 2.24) is 9.97 Å². The van der Waals surface area contributed by atoms with Crippen LogP contribution in [0.3, 0.4) is 0 Å². The van der Waals surface area contributed by atoms with E-state index in [1.165, 1.54) is 0 Å². The monoisotopic (exact) mass is 207 g/mol. The molecule has 0 atom stereocenters. The highest BCUT2D eigenvalue weighted by molar-refractivity contribution is 5.39. The Kier molecular flexibility index (Phi) is 3.16. The van der Waals surface area contributed by atoms with Gasteiger partial charge < -0.3 is 9.64 Å². The smallest absolute Gasteiger partial charge is 0.132 e. The molecule has 0 bridgehead atoms. The SMILES string of the molecule is CC(C)c1cc(N2CCOCC2)ncn1. The third-order valence-corrected chi connectivity index (χ3v) is 2.60. The highest BCUT2D eigenvalue weighted by Crippen LogP contribution is 2.17. The number of aromatic nitrogens is 2. The number of ether oxygens (including phenoxy) is 1. The third kappa shape index (κ3) is 2.45. The van der Waals surface area contributed by atoms with Gasteiger partial charge in [-0.15, -0.1) is 0 Å². The summed E-state index contributed by atoms with van der Waals surface area (Å²) in [5.74, 6) is 1.48. The Morgan fingerprint density at radius 1 is 1.27 bits per heavy atom. The summed E-state index contributed by atoms with van der Waals surface area (Å²) in [7, 11) is 0. The molecule has 0 aromatic carbocycles. The maximum Gasteiger partial charge on any atom is 0.132 e. The first kappa shape index (κ1) is 10.4. The van der Waals surface area contributed by atoms with Gasteiger partial charge in [-0.25, -0.2) is 9.97 Å². The van der Waals surface area contributed by atoms with Crippen molar-refractivity contribution in [3.8, 4) is 0 Å². The molecule has 0 saturated carbocycles. The molecule has 4 nitrogen and oxygen atoms in total. The molecule has 1 aromatic heterocycles. The third-order valence-electron chi connectivity index (χ3n) is 2.60. The molecular weight excluding hydrogens is 190 g/mol. The molecule has 0 aliphatic carbocycles. The van der Waals surface area contributed by atoms with Crippen LogP contribution in [0, 0.1) is 0 Å². The summed E-state index contributed by atoms with van der Waals surface area (Å²) < 4.78 is 5.31. The minimum atomic E-state index is 0.452. The summed E-state index contributed by atoms with van der Waals surface area (Å²) in [6, 6.07) is 2.08. The van der Waals surface area contributed by atoms with Crippen molar-refractivity contribution >= 4 is 5.82 Å². The van der Waals surface area contributed by atoms with Gasteiger partial charge in [0, 0.05) is 24.8 Å². The predicted octanol–water partition coefficient (Wildman–Crippen LogP) is 1.44. The minimum Gasteiger partial charge on any atom is -0.378 e. The maximum atomic E-state index is 5.31. The van der Waals surface area contributed by atoms with Gasteiger partial charge in [0.1, 0.15) is 12.1 Å². The highest BCUT2D eigenvalue weighted by Gasteiger charge is 2.13. The number of morpholine rings is 1. The quantitative estimate of drug-likeness (QED) is 0.735. The second kappa shape index (κ2) is 4.57. The molecule has 1 aliphatic heterocycles. The van der Waals surface area contributed by atoms with Crippen LogP contribution in [0.2, 0.25) is 0 Å². The van der Waals surface area contributed by atoms with Gasteiger partial charge in [0.15, 0.2) is 0 Å². The maximum absolute atomic E-state index is 5.31. The van der Waals surface area contributed by atoms with E-state index >= 15 is 0 Å². The molecule has 2 heterocycles. The number of nitrogens with zero attached hydrogens (tertiary/aromatic N) is 3. The van der Waals surface area contributed by atoms with Crippen molar-refractivity contribution in [2.24, 2.45) is 0 Å². The van der Waals surface area contributed by atoms with E-state index < -0.39 is 0 Å². The van der Waals surface area contributed by atoms with Crippen LogP contribution in [-0.4, -0.2) is 36.3 Å². The number of hydrogen-bond donors (Lipinski definition) is 0. The molecule has 1 fully saturated rings. The zero-order chi connectivity index (χ0) is 10.7. The second-order valence-corrected chi connectivity index (χ2v) is 4.06. The van der Waals surface area contributed by atoms with Gasteiger partial charge in [-0.2, -0.15) is 0 Å². The number of anilines is 1. The first-order chi connectivity index (χ1) is 7.27. The Morgan fingerprint density at radius 3 is 2.67 bits per heavy atom. The summed E-state index contributed by atoms with van der Waals surface area (Å²) >= 11 is 0. The van der Waals surface area contributed by atoms with Crippen LogP contribution in [0.25, 0.3) is 0 Å². The molecule has 0 unspecified atom stereocenters. The Balaban J connectivity index is 2.16. The molecule has 82 valence electrons. The van der Waals surface area contributed by atoms with E-state index in [9.17, 15) is 0 Å². The fourth-order valence-electron chi connectivity index (χ4n) is 1.64. The van der Waals surface area contributed by atoms with Gasteiger partial charge in [-0.1, -0.05) is 13.8 Å². The summed E-state index contributed by atoms with van der Waals surface area (Å²) in [5.41, 5.74) is 1.10. The summed E-state index contributed by atoms with van der Waals surface area (Å²) in [6.07, 6.45) is 1.65. The number of hydrogen-bond acceptors (Lipinski definition) is 4. The van der Waals surface area contributed by atoms with Crippen molar-refractivity contribution in [1.29, 1.82) is 0 Å². The lowest BCUT2D eigenvalue weighted by Crippen LogP contribution is -2.36. The second-order valence-electron chi connectivity index (χ2n) is 4.06. The summed E-state index contributed by atoms with van der Waals surface area (Å²) in [4.78, 5) is 10.8. The molecule has 1 aliphatic rings. The van der Waals surface area contributed by atoms with Gasteiger partial charge >= 0.3 is 0 Å². The number of rotatable bonds is 2. The molecule has 0 radical (unpaired) electrons. The molecular formula is C11H17N3O. The van der Waals surface area contributed by atoms with E-state index in [1.54, 1.807) is 6.33 Å². The molecule has 0 amide bonds. The van der Waals surface area contributed by atoms with Crippen LogP contribution >= 0.6 is 0 Å². The predicted molar refractivity (Wildman–Crippen MR) is 59.2 cm³/mol. The fraction of sp³-hybridized carbons (Fsp3) is 0.636. The van der Waals surface area contributed by atoms with Crippen LogP contribution in [0.5, 0.6) is 0 Å². The van der Waals surface area contributed by atoms with Gasteiger partial charge in [-0.3, -0.25) is 0 Å². The van der Waals surface area contributed by atoms with Gasteiger partial charge in [-0.05, 0) is 5.92 Å². The zero-order valence-electron chi connectivity index (χ0n) is 9.31. The van der Waals surface area contributed by atoms with E-state index in [0.717, 1.165) is 37.8 Å². The first-order valence-electron chi connectivity index (χ1n) is 5.42. The van der Waals surface area contributed by atoms with E-state index in [4.69, 9.17) is 4.74 Å². The summed E-state index contributed by atoms with van der Waals surface area (Å²) in [5, 5.41) is 0. The van der Waals surface area contributed by atoms with Crippen molar-refractivity contribution in [3.63, 3.8) is 0 Å². The molecule has 0 N–H and O–H groups in total. The van der Waals surface area contributed by atoms with Crippen LogP contribution in [0.4, 0.5) is 5.82 Å². The van der Waals surface area contributed by atoms with Crippen LogP contribution in [0.15, 0.2) is 12.4 Å². The van der Waals surface area contributed by atoms with Crippen molar-refractivity contribution in [3.05, 3.63) is 18.1 Å². The lowest BCUT2D eigenvalue weighted by Gasteiger charge is -2.27. The normalized spacial score (nSPS) is 17.1. The molecule has 0 spiro atoms. The van der Waals surface area contributed by atoms with E-state index in [0.29, 0.717) is 5.92 Å². The first-order valence-corrected chi connectivity index (χ1v) is 5.42. The Bertz CT molecular complexity index is 321. The molecule has 2 rings (SSSR count). The lowest BCUT2D eigenvalue weighted by atomic mass is 10.1. The van der Waals surface area contributed by atoms with Crippen LogP contribution < -0.4 is 4.90 Å². The van der Waals surface area contributed by atoms with Crippen molar-refractivity contribution in [2.45, 2.75) is 19.8 Å². The molecule has 1 aromatic rings.